The van der Waals surface area contributed by atoms with Gasteiger partial charge < -0.3 is 9.64 Å². The van der Waals surface area contributed by atoms with Crippen molar-refractivity contribution in [1.29, 1.82) is 0 Å². The summed E-state index contributed by atoms with van der Waals surface area (Å²) in [5, 5.41) is 4.47. The van der Waals surface area contributed by atoms with E-state index in [9.17, 15) is 4.79 Å². The molecule has 1 aliphatic rings. The van der Waals surface area contributed by atoms with Crippen molar-refractivity contribution in [2.75, 3.05) is 13.7 Å². The molecular weight excluding hydrogens is 304 g/mol. The van der Waals surface area contributed by atoms with Gasteiger partial charge in [-0.3, -0.25) is 14.5 Å². The molecule has 6 heteroatoms. The molecular formula is C18H24N4O2. The molecule has 0 saturated carbocycles. The summed E-state index contributed by atoms with van der Waals surface area (Å²) in [7, 11) is 3.77. The summed E-state index contributed by atoms with van der Waals surface area (Å²) in [6.45, 7) is 5.19. The third-order valence-electron chi connectivity index (χ3n) is 4.80. The van der Waals surface area contributed by atoms with Crippen molar-refractivity contribution in [2.45, 2.75) is 32.9 Å². The standard InChI is InChI=1S/C18H24N4O2/c1-12-16(13(2)22(4)20-12)17-15(7-10-24-17)18(23)21(3)11-14-5-8-19-9-6-14/h5-6,8-9,15,17H,7,10-11H2,1-4H3/t15-,17-/m0/s1. The number of hydrogen-bond donors (Lipinski definition) is 0. The molecule has 0 bridgehead atoms. The summed E-state index contributed by atoms with van der Waals surface area (Å²) in [6.07, 6.45) is 4.04. The van der Waals surface area contributed by atoms with E-state index in [2.05, 4.69) is 10.1 Å². The minimum atomic E-state index is -0.203. The summed E-state index contributed by atoms with van der Waals surface area (Å²) in [6, 6.07) is 3.86. The molecule has 3 rings (SSSR count). The Morgan fingerprint density at radius 3 is 2.71 bits per heavy atom. The zero-order valence-corrected chi connectivity index (χ0v) is 14.7. The average Bonchev–Trinajstić information content (AvgIpc) is 3.12. The molecule has 0 N–H and O–H groups in total. The first kappa shape index (κ1) is 16.6. The Morgan fingerprint density at radius 1 is 1.38 bits per heavy atom. The van der Waals surface area contributed by atoms with Crippen LogP contribution >= 0.6 is 0 Å². The van der Waals surface area contributed by atoms with E-state index in [0.717, 1.165) is 28.9 Å². The number of pyridine rings is 1. The van der Waals surface area contributed by atoms with E-state index in [-0.39, 0.29) is 17.9 Å². The van der Waals surface area contributed by atoms with Crippen molar-refractivity contribution < 1.29 is 9.53 Å². The van der Waals surface area contributed by atoms with Crippen molar-refractivity contribution in [3.63, 3.8) is 0 Å². The smallest absolute Gasteiger partial charge is 0.228 e. The van der Waals surface area contributed by atoms with E-state index < -0.39 is 0 Å². The van der Waals surface area contributed by atoms with E-state index in [4.69, 9.17) is 4.74 Å². The van der Waals surface area contributed by atoms with Crippen LogP contribution in [0.5, 0.6) is 0 Å². The van der Waals surface area contributed by atoms with Gasteiger partial charge in [-0.25, -0.2) is 0 Å². The zero-order valence-electron chi connectivity index (χ0n) is 14.7. The molecule has 2 aromatic heterocycles. The van der Waals surface area contributed by atoms with Gasteiger partial charge in [0.1, 0.15) is 0 Å². The Kier molecular flexibility index (Phi) is 4.66. The van der Waals surface area contributed by atoms with Crippen LogP contribution in [-0.2, 0) is 23.1 Å². The molecule has 0 spiro atoms. The molecule has 1 aliphatic heterocycles. The van der Waals surface area contributed by atoms with Crippen molar-refractivity contribution in [3.05, 3.63) is 47.0 Å². The second-order valence-electron chi connectivity index (χ2n) is 6.44. The Hall–Kier alpha value is -2.21. The number of ether oxygens (including phenoxy) is 1. The molecule has 0 radical (unpaired) electrons. The highest BCUT2D eigenvalue weighted by Gasteiger charge is 2.39. The third kappa shape index (κ3) is 3.06. The number of amides is 1. The lowest BCUT2D eigenvalue weighted by Gasteiger charge is -2.24. The highest BCUT2D eigenvalue weighted by molar-refractivity contribution is 5.79. The van der Waals surface area contributed by atoms with E-state index in [1.165, 1.54) is 0 Å². The van der Waals surface area contributed by atoms with Gasteiger partial charge in [-0.2, -0.15) is 5.10 Å². The average molecular weight is 328 g/mol. The summed E-state index contributed by atoms with van der Waals surface area (Å²) in [5.74, 6) is -0.0320. The van der Waals surface area contributed by atoms with Gasteiger partial charge in [-0.15, -0.1) is 0 Å². The number of hydrogen-bond acceptors (Lipinski definition) is 4. The van der Waals surface area contributed by atoms with Crippen LogP contribution in [0.15, 0.2) is 24.5 Å². The fraction of sp³-hybridized carbons (Fsp3) is 0.500. The summed E-state index contributed by atoms with van der Waals surface area (Å²) >= 11 is 0. The maximum atomic E-state index is 13.0. The molecule has 3 heterocycles. The fourth-order valence-electron chi connectivity index (χ4n) is 3.45. The molecule has 1 saturated heterocycles. The van der Waals surface area contributed by atoms with Gasteiger partial charge in [0.05, 0.1) is 17.7 Å². The van der Waals surface area contributed by atoms with Crippen molar-refractivity contribution in [1.82, 2.24) is 19.7 Å². The quantitative estimate of drug-likeness (QED) is 0.863. The Balaban J connectivity index is 1.78. The molecule has 0 unspecified atom stereocenters. The first-order chi connectivity index (χ1) is 11.5. The van der Waals surface area contributed by atoms with Gasteiger partial charge in [0.25, 0.3) is 0 Å². The van der Waals surface area contributed by atoms with Gasteiger partial charge in [-0.1, -0.05) is 0 Å². The largest absolute Gasteiger partial charge is 0.373 e. The lowest BCUT2D eigenvalue weighted by molar-refractivity contribution is -0.136. The molecule has 0 aromatic carbocycles. The predicted molar refractivity (Wildman–Crippen MR) is 90.2 cm³/mol. The maximum absolute atomic E-state index is 13.0. The van der Waals surface area contributed by atoms with Crippen LogP contribution in [-0.4, -0.2) is 39.2 Å². The van der Waals surface area contributed by atoms with Crippen LogP contribution in [0.25, 0.3) is 0 Å². The minimum absolute atomic E-state index is 0.122. The number of carbonyl (C=O) groups is 1. The molecule has 2 atom stereocenters. The highest BCUT2D eigenvalue weighted by atomic mass is 16.5. The minimum Gasteiger partial charge on any atom is -0.373 e. The lowest BCUT2D eigenvalue weighted by atomic mass is 9.92. The molecule has 0 aliphatic carbocycles. The Morgan fingerprint density at radius 2 is 2.08 bits per heavy atom. The summed E-state index contributed by atoms with van der Waals surface area (Å²) < 4.78 is 7.79. The van der Waals surface area contributed by atoms with Crippen LogP contribution < -0.4 is 0 Å². The van der Waals surface area contributed by atoms with Gasteiger partial charge >= 0.3 is 0 Å². The number of rotatable bonds is 4. The van der Waals surface area contributed by atoms with Crippen molar-refractivity contribution in [3.8, 4) is 0 Å². The zero-order chi connectivity index (χ0) is 17.3. The molecule has 1 amide bonds. The first-order valence-corrected chi connectivity index (χ1v) is 8.24. The van der Waals surface area contributed by atoms with Crippen molar-refractivity contribution in [2.24, 2.45) is 13.0 Å². The fourth-order valence-corrected chi connectivity index (χ4v) is 3.45. The molecule has 24 heavy (non-hydrogen) atoms. The third-order valence-corrected chi connectivity index (χ3v) is 4.80. The van der Waals surface area contributed by atoms with Crippen LogP contribution in [0, 0.1) is 19.8 Å². The maximum Gasteiger partial charge on any atom is 0.228 e. The monoisotopic (exact) mass is 328 g/mol. The molecule has 2 aromatic rings. The van der Waals surface area contributed by atoms with Crippen LogP contribution in [0.1, 0.15) is 35.0 Å². The number of nitrogens with zero attached hydrogens (tertiary/aromatic N) is 4. The highest BCUT2D eigenvalue weighted by Crippen LogP contribution is 2.38. The van der Waals surface area contributed by atoms with Gasteiger partial charge in [0, 0.05) is 50.9 Å². The van der Waals surface area contributed by atoms with Crippen LogP contribution in [0.3, 0.4) is 0 Å². The summed E-state index contributed by atoms with van der Waals surface area (Å²) in [4.78, 5) is 18.8. The topological polar surface area (TPSA) is 60.3 Å². The Labute approximate surface area is 142 Å². The van der Waals surface area contributed by atoms with Crippen molar-refractivity contribution >= 4 is 5.91 Å². The van der Waals surface area contributed by atoms with Crippen LogP contribution in [0.4, 0.5) is 0 Å². The number of aromatic nitrogens is 3. The van der Waals surface area contributed by atoms with E-state index >= 15 is 0 Å². The molecule has 128 valence electrons. The van der Waals surface area contributed by atoms with Gasteiger partial charge in [-0.05, 0) is 38.0 Å². The van der Waals surface area contributed by atoms with Crippen LogP contribution in [0.2, 0.25) is 0 Å². The van der Waals surface area contributed by atoms with Gasteiger partial charge in [0.2, 0.25) is 5.91 Å². The first-order valence-electron chi connectivity index (χ1n) is 8.24. The van der Waals surface area contributed by atoms with E-state index in [1.54, 1.807) is 17.3 Å². The number of aryl methyl sites for hydroxylation is 2. The van der Waals surface area contributed by atoms with E-state index in [0.29, 0.717) is 13.2 Å². The summed E-state index contributed by atoms with van der Waals surface area (Å²) in [5.41, 5.74) is 4.14. The normalized spacial score (nSPS) is 20.3. The molecule has 6 nitrogen and oxygen atoms in total. The Bertz CT molecular complexity index is 726. The number of carbonyl (C=O) groups excluding carboxylic acids is 1. The SMILES string of the molecule is Cc1nn(C)c(C)c1[C@H]1OCC[C@@H]1C(=O)N(C)Cc1ccncc1. The molecule has 1 fully saturated rings. The predicted octanol–water partition coefficient (Wildman–Crippen LogP) is 2.17. The van der Waals surface area contributed by atoms with Gasteiger partial charge in [0.15, 0.2) is 0 Å². The second kappa shape index (κ2) is 6.73. The lowest BCUT2D eigenvalue weighted by Crippen LogP contribution is -2.34. The second-order valence-corrected chi connectivity index (χ2v) is 6.44. The van der Waals surface area contributed by atoms with E-state index in [1.807, 2.05) is 44.8 Å².